The maximum Gasteiger partial charge on any atom is 0.274 e. The average molecular weight is 373 g/mol. The van der Waals surface area contributed by atoms with E-state index in [9.17, 15) is 9.59 Å². The third kappa shape index (κ3) is 4.82. The standard InChI is InChI=1S/C23H23N3O2/c1-3-26(16-18-10-5-4-6-11-18)23(28)21-14-8-13-20(25-21)22(27)24-19-12-7-9-17(2)15-19/h4-15H,3,16H2,1-2H3,(H,24,27). The summed E-state index contributed by atoms with van der Waals surface area (Å²) in [6, 6.07) is 22.3. The van der Waals surface area contributed by atoms with Gasteiger partial charge in [0.2, 0.25) is 0 Å². The maximum absolute atomic E-state index is 12.9. The summed E-state index contributed by atoms with van der Waals surface area (Å²) in [6.45, 7) is 4.93. The summed E-state index contributed by atoms with van der Waals surface area (Å²) in [5, 5.41) is 2.82. The number of amides is 2. The number of aryl methyl sites for hydroxylation is 1. The Balaban J connectivity index is 1.75. The van der Waals surface area contributed by atoms with Gasteiger partial charge in [-0.3, -0.25) is 9.59 Å². The molecule has 142 valence electrons. The Hall–Kier alpha value is -3.47. The number of hydrogen-bond donors (Lipinski definition) is 1. The van der Waals surface area contributed by atoms with E-state index in [1.165, 1.54) is 0 Å². The van der Waals surface area contributed by atoms with Crippen LogP contribution in [0.5, 0.6) is 0 Å². The van der Waals surface area contributed by atoms with E-state index >= 15 is 0 Å². The number of carbonyl (C=O) groups excluding carboxylic acids is 2. The highest BCUT2D eigenvalue weighted by Gasteiger charge is 2.18. The molecule has 5 heteroatoms. The quantitative estimate of drug-likeness (QED) is 0.700. The Morgan fingerprint density at radius 3 is 2.36 bits per heavy atom. The van der Waals surface area contributed by atoms with E-state index < -0.39 is 0 Å². The maximum atomic E-state index is 12.9. The first-order valence-corrected chi connectivity index (χ1v) is 9.25. The monoisotopic (exact) mass is 373 g/mol. The molecule has 28 heavy (non-hydrogen) atoms. The Bertz CT molecular complexity index is 970. The highest BCUT2D eigenvalue weighted by atomic mass is 16.2. The number of aromatic nitrogens is 1. The van der Waals surface area contributed by atoms with E-state index in [-0.39, 0.29) is 23.2 Å². The summed E-state index contributed by atoms with van der Waals surface area (Å²) in [4.78, 5) is 31.4. The van der Waals surface area contributed by atoms with Crippen LogP contribution in [0.1, 0.15) is 39.0 Å². The predicted molar refractivity (Wildman–Crippen MR) is 110 cm³/mol. The van der Waals surface area contributed by atoms with Crippen molar-refractivity contribution in [2.24, 2.45) is 0 Å². The fraction of sp³-hybridized carbons (Fsp3) is 0.174. The van der Waals surface area contributed by atoms with Gasteiger partial charge < -0.3 is 10.2 Å². The van der Waals surface area contributed by atoms with Crippen molar-refractivity contribution in [3.63, 3.8) is 0 Å². The van der Waals surface area contributed by atoms with Crippen LogP contribution in [0.2, 0.25) is 0 Å². The van der Waals surface area contributed by atoms with E-state index in [1.807, 2.05) is 68.4 Å². The summed E-state index contributed by atoms with van der Waals surface area (Å²) in [7, 11) is 0. The average Bonchev–Trinajstić information content (AvgIpc) is 2.72. The first-order chi connectivity index (χ1) is 13.6. The van der Waals surface area contributed by atoms with Crippen molar-refractivity contribution in [1.29, 1.82) is 0 Å². The topological polar surface area (TPSA) is 62.3 Å². The van der Waals surface area contributed by atoms with Gasteiger partial charge in [-0.25, -0.2) is 4.98 Å². The largest absolute Gasteiger partial charge is 0.333 e. The zero-order valence-corrected chi connectivity index (χ0v) is 16.1. The highest BCUT2D eigenvalue weighted by Crippen LogP contribution is 2.13. The molecule has 3 rings (SSSR count). The molecule has 3 aromatic rings. The van der Waals surface area contributed by atoms with Gasteiger partial charge >= 0.3 is 0 Å². The van der Waals surface area contributed by atoms with Gasteiger partial charge in [-0.2, -0.15) is 0 Å². The fourth-order valence-electron chi connectivity index (χ4n) is 2.89. The molecular formula is C23H23N3O2. The lowest BCUT2D eigenvalue weighted by atomic mass is 10.2. The molecule has 0 aliphatic heterocycles. The molecule has 1 N–H and O–H groups in total. The smallest absolute Gasteiger partial charge is 0.274 e. The van der Waals surface area contributed by atoms with E-state index in [4.69, 9.17) is 0 Å². The normalized spacial score (nSPS) is 10.4. The first kappa shape index (κ1) is 19.3. The van der Waals surface area contributed by atoms with Crippen LogP contribution in [0.3, 0.4) is 0 Å². The summed E-state index contributed by atoms with van der Waals surface area (Å²) in [5.74, 6) is -0.539. The third-order valence-corrected chi connectivity index (χ3v) is 4.36. The van der Waals surface area contributed by atoms with Gasteiger partial charge in [-0.05, 0) is 49.2 Å². The second-order valence-electron chi connectivity index (χ2n) is 6.54. The van der Waals surface area contributed by atoms with E-state index in [0.717, 1.165) is 11.1 Å². The van der Waals surface area contributed by atoms with Crippen molar-refractivity contribution in [2.45, 2.75) is 20.4 Å². The van der Waals surface area contributed by atoms with Crippen LogP contribution >= 0.6 is 0 Å². The lowest BCUT2D eigenvalue weighted by molar-refractivity contribution is 0.0746. The molecule has 0 atom stereocenters. The molecule has 0 spiro atoms. The van der Waals surface area contributed by atoms with Gasteiger partial charge in [0.05, 0.1) is 0 Å². The van der Waals surface area contributed by atoms with Crippen LogP contribution in [0, 0.1) is 6.92 Å². The van der Waals surface area contributed by atoms with Crippen molar-refractivity contribution in [3.05, 3.63) is 95.3 Å². The van der Waals surface area contributed by atoms with Crippen LogP contribution in [-0.4, -0.2) is 28.2 Å². The van der Waals surface area contributed by atoms with Crippen molar-refractivity contribution in [3.8, 4) is 0 Å². The number of pyridine rings is 1. The molecule has 0 saturated heterocycles. The van der Waals surface area contributed by atoms with Gasteiger partial charge in [0.15, 0.2) is 0 Å². The molecule has 5 nitrogen and oxygen atoms in total. The minimum Gasteiger partial charge on any atom is -0.333 e. The number of nitrogens with zero attached hydrogens (tertiary/aromatic N) is 2. The van der Waals surface area contributed by atoms with Crippen LogP contribution in [-0.2, 0) is 6.54 Å². The zero-order valence-electron chi connectivity index (χ0n) is 16.1. The molecule has 0 fully saturated rings. The molecule has 2 amide bonds. The van der Waals surface area contributed by atoms with Gasteiger partial charge in [0.25, 0.3) is 11.8 Å². The molecular weight excluding hydrogens is 350 g/mol. The molecule has 0 saturated carbocycles. The van der Waals surface area contributed by atoms with E-state index in [1.54, 1.807) is 23.1 Å². The van der Waals surface area contributed by atoms with Crippen molar-refractivity contribution in [1.82, 2.24) is 9.88 Å². The minimum absolute atomic E-state index is 0.198. The van der Waals surface area contributed by atoms with Gasteiger partial charge in [-0.1, -0.05) is 48.5 Å². The molecule has 0 aliphatic carbocycles. The molecule has 0 unspecified atom stereocenters. The van der Waals surface area contributed by atoms with E-state index in [2.05, 4.69) is 10.3 Å². The minimum atomic E-state index is -0.341. The summed E-state index contributed by atoms with van der Waals surface area (Å²) >= 11 is 0. The van der Waals surface area contributed by atoms with Crippen molar-refractivity contribution >= 4 is 17.5 Å². The van der Waals surface area contributed by atoms with Crippen LogP contribution in [0.4, 0.5) is 5.69 Å². The van der Waals surface area contributed by atoms with Crippen molar-refractivity contribution in [2.75, 3.05) is 11.9 Å². The molecule has 0 bridgehead atoms. The number of rotatable bonds is 6. The summed E-state index contributed by atoms with van der Waals surface area (Å²) in [5.41, 5.74) is 3.26. The molecule has 1 heterocycles. The second kappa shape index (κ2) is 8.95. The van der Waals surface area contributed by atoms with Crippen LogP contribution in [0.25, 0.3) is 0 Å². The number of carbonyl (C=O) groups is 2. The number of benzene rings is 2. The summed E-state index contributed by atoms with van der Waals surface area (Å²) < 4.78 is 0. The predicted octanol–water partition coefficient (Wildman–Crippen LogP) is 4.30. The molecule has 1 aromatic heterocycles. The fourth-order valence-corrected chi connectivity index (χ4v) is 2.89. The van der Waals surface area contributed by atoms with Gasteiger partial charge in [-0.15, -0.1) is 0 Å². The van der Waals surface area contributed by atoms with Crippen molar-refractivity contribution < 1.29 is 9.59 Å². The third-order valence-electron chi connectivity index (χ3n) is 4.36. The second-order valence-corrected chi connectivity index (χ2v) is 6.54. The lowest BCUT2D eigenvalue weighted by Crippen LogP contribution is -2.31. The molecule has 0 aliphatic rings. The van der Waals surface area contributed by atoms with Crippen LogP contribution in [0.15, 0.2) is 72.8 Å². The SMILES string of the molecule is CCN(Cc1ccccc1)C(=O)c1cccc(C(=O)Nc2cccc(C)c2)n1. The molecule has 0 radical (unpaired) electrons. The zero-order chi connectivity index (χ0) is 19.9. The number of nitrogens with one attached hydrogen (secondary N) is 1. The Labute approximate surface area is 165 Å². The Morgan fingerprint density at radius 2 is 1.64 bits per heavy atom. The highest BCUT2D eigenvalue weighted by molar-refractivity contribution is 6.03. The lowest BCUT2D eigenvalue weighted by Gasteiger charge is -2.20. The summed E-state index contributed by atoms with van der Waals surface area (Å²) in [6.07, 6.45) is 0. The number of hydrogen-bond acceptors (Lipinski definition) is 3. The van der Waals surface area contributed by atoms with E-state index in [0.29, 0.717) is 18.8 Å². The van der Waals surface area contributed by atoms with Gasteiger partial charge in [0.1, 0.15) is 11.4 Å². The van der Waals surface area contributed by atoms with Gasteiger partial charge in [0, 0.05) is 18.8 Å². The Morgan fingerprint density at radius 1 is 0.929 bits per heavy atom. The molecule has 2 aromatic carbocycles. The first-order valence-electron chi connectivity index (χ1n) is 9.25. The Kier molecular flexibility index (Phi) is 6.17. The number of anilines is 1. The van der Waals surface area contributed by atoms with Crippen LogP contribution < -0.4 is 5.32 Å².